The van der Waals surface area contributed by atoms with Gasteiger partial charge in [0.15, 0.2) is 18.1 Å². The molecule has 1 aromatic heterocycles. The summed E-state index contributed by atoms with van der Waals surface area (Å²) in [4.78, 5) is 22.4. The first-order valence-corrected chi connectivity index (χ1v) is 9.87. The fraction of sp³-hybridized carbons (Fsp3) is 0.167. The summed E-state index contributed by atoms with van der Waals surface area (Å²) >= 11 is 0. The summed E-state index contributed by atoms with van der Waals surface area (Å²) in [5, 5.41) is 0. The smallest absolute Gasteiger partial charge is 0.264 e. The van der Waals surface area contributed by atoms with Gasteiger partial charge in [0.1, 0.15) is 5.82 Å². The summed E-state index contributed by atoms with van der Waals surface area (Å²) in [5.74, 6) is 1.77. The second-order valence-electron chi connectivity index (χ2n) is 7.18. The number of aromatic amines is 1. The zero-order chi connectivity index (χ0) is 20.5. The molecule has 1 N–H and O–H groups in total. The van der Waals surface area contributed by atoms with E-state index >= 15 is 0 Å². The number of methoxy groups -OCH3 is 1. The number of anilines is 1. The molecular formula is C24H21N3O3. The number of para-hydroxylation sites is 3. The van der Waals surface area contributed by atoms with E-state index in [1.165, 1.54) is 5.56 Å². The van der Waals surface area contributed by atoms with Gasteiger partial charge in [0.2, 0.25) is 0 Å². The summed E-state index contributed by atoms with van der Waals surface area (Å²) in [6.07, 6.45) is 0.872. The van der Waals surface area contributed by atoms with Crippen LogP contribution in [0.25, 0.3) is 22.4 Å². The van der Waals surface area contributed by atoms with Crippen molar-refractivity contribution in [1.82, 2.24) is 9.97 Å². The van der Waals surface area contributed by atoms with Crippen LogP contribution in [0.5, 0.6) is 11.5 Å². The molecule has 1 amide bonds. The zero-order valence-electron chi connectivity index (χ0n) is 16.6. The number of benzene rings is 3. The first kappa shape index (κ1) is 18.2. The third-order valence-electron chi connectivity index (χ3n) is 5.37. The van der Waals surface area contributed by atoms with Crippen molar-refractivity contribution in [3.63, 3.8) is 0 Å². The number of nitrogens with zero attached hydrogens (tertiary/aromatic N) is 2. The molecule has 5 rings (SSSR count). The number of rotatable bonds is 5. The number of nitrogens with one attached hydrogen (secondary N) is 1. The Morgan fingerprint density at radius 1 is 1.07 bits per heavy atom. The van der Waals surface area contributed by atoms with E-state index in [4.69, 9.17) is 9.47 Å². The number of imidazole rings is 1. The molecule has 0 atom stereocenters. The molecular weight excluding hydrogens is 378 g/mol. The normalized spacial score (nSPS) is 12.8. The summed E-state index contributed by atoms with van der Waals surface area (Å²) in [5.41, 5.74) is 4.93. The summed E-state index contributed by atoms with van der Waals surface area (Å²) in [6.45, 7) is 0.637. The number of H-pyrrole nitrogens is 1. The van der Waals surface area contributed by atoms with E-state index in [9.17, 15) is 4.79 Å². The summed E-state index contributed by atoms with van der Waals surface area (Å²) in [7, 11) is 1.59. The Hall–Kier alpha value is -3.80. The number of aromatic nitrogens is 2. The predicted octanol–water partition coefficient (Wildman–Crippen LogP) is 4.21. The maximum absolute atomic E-state index is 12.7. The summed E-state index contributed by atoms with van der Waals surface area (Å²) < 4.78 is 11.3. The Balaban J connectivity index is 1.33. The topological polar surface area (TPSA) is 67.5 Å². The third kappa shape index (κ3) is 3.26. The van der Waals surface area contributed by atoms with Crippen LogP contribution in [0.4, 0.5) is 5.69 Å². The summed E-state index contributed by atoms with van der Waals surface area (Å²) in [6, 6.07) is 21.4. The molecule has 0 bridgehead atoms. The van der Waals surface area contributed by atoms with Crippen molar-refractivity contribution in [2.24, 2.45) is 0 Å². The molecule has 6 heteroatoms. The van der Waals surface area contributed by atoms with Crippen LogP contribution in [-0.2, 0) is 11.2 Å². The maximum Gasteiger partial charge on any atom is 0.264 e. The minimum atomic E-state index is -0.0663. The van der Waals surface area contributed by atoms with Crippen molar-refractivity contribution in [3.05, 3.63) is 72.3 Å². The van der Waals surface area contributed by atoms with Gasteiger partial charge in [0, 0.05) is 17.8 Å². The quantitative estimate of drug-likeness (QED) is 0.546. The van der Waals surface area contributed by atoms with E-state index in [0.29, 0.717) is 18.0 Å². The van der Waals surface area contributed by atoms with Crippen LogP contribution in [0.15, 0.2) is 66.7 Å². The zero-order valence-corrected chi connectivity index (χ0v) is 16.6. The van der Waals surface area contributed by atoms with Crippen LogP contribution >= 0.6 is 0 Å². The van der Waals surface area contributed by atoms with Gasteiger partial charge < -0.3 is 19.4 Å². The van der Waals surface area contributed by atoms with Crippen molar-refractivity contribution in [3.8, 4) is 22.9 Å². The molecule has 0 unspecified atom stereocenters. The minimum absolute atomic E-state index is 0.0469. The molecule has 1 aliphatic heterocycles. The first-order valence-electron chi connectivity index (χ1n) is 9.87. The third-order valence-corrected chi connectivity index (χ3v) is 5.37. The monoisotopic (exact) mass is 399 g/mol. The van der Waals surface area contributed by atoms with Gasteiger partial charge in [0.05, 0.1) is 18.1 Å². The number of hydrogen-bond donors (Lipinski definition) is 1. The van der Waals surface area contributed by atoms with Crippen molar-refractivity contribution < 1.29 is 14.3 Å². The molecule has 0 spiro atoms. The molecule has 0 saturated heterocycles. The maximum atomic E-state index is 12.7. The number of amides is 1. The van der Waals surface area contributed by atoms with Crippen LogP contribution < -0.4 is 14.4 Å². The molecule has 30 heavy (non-hydrogen) atoms. The minimum Gasteiger partial charge on any atom is -0.493 e. The molecule has 3 aromatic carbocycles. The highest BCUT2D eigenvalue weighted by Gasteiger charge is 2.24. The molecule has 6 nitrogen and oxygen atoms in total. The van der Waals surface area contributed by atoms with Gasteiger partial charge in [-0.1, -0.05) is 30.3 Å². The molecule has 1 aliphatic rings. The second kappa shape index (κ2) is 7.55. The first-order chi connectivity index (χ1) is 14.7. The fourth-order valence-electron chi connectivity index (χ4n) is 3.84. The average molecular weight is 399 g/mol. The number of carbonyl (C=O) groups is 1. The number of ether oxygens (including phenoxy) is 2. The lowest BCUT2D eigenvalue weighted by Crippen LogP contribution is -2.33. The number of hydrogen-bond acceptors (Lipinski definition) is 4. The van der Waals surface area contributed by atoms with Crippen LogP contribution in [0.2, 0.25) is 0 Å². The van der Waals surface area contributed by atoms with Crippen molar-refractivity contribution in [1.29, 1.82) is 0 Å². The largest absolute Gasteiger partial charge is 0.493 e. The van der Waals surface area contributed by atoms with E-state index < -0.39 is 0 Å². The molecule has 2 heterocycles. The van der Waals surface area contributed by atoms with Gasteiger partial charge in [0.25, 0.3) is 5.91 Å². The fourth-order valence-corrected chi connectivity index (χ4v) is 3.84. The lowest BCUT2D eigenvalue weighted by atomic mass is 10.2. The highest BCUT2D eigenvalue weighted by atomic mass is 16.5. The van der Waals surface area contributed by atoms with Crippen LogP contribution in [0.3, 0.4) is 0 Å². The van der Waals surface area contributed by atoms with Crippen molar-refractivity contribution >= 4 is 22.6 Å². The van der Waals surface area contributed by atoms with E-state index in [1.807, 2.05) is 60.7 Å². The molecule has 0 fully saturated rings. The molecule has 150 valence electrons. The van der Waals surface area contributed by atoms with Crippen molar-refractivity contribution in [2.75, 3.05) is 25.2 Å². The number of carbonyl (C=O) groups excluding carboxylic acids is 1. The molecule has 0 saturated carbocycles. The highest BCUT2D eigenvalue weighted by molar-refractivity contribution is 5.96. The van der Waals surface area contributed by atoms with Gasteiger partial charge in [-0.15, -0.1) is 0 Å². The molecule has 4 aromatic rings. The average Bonchev–Trinajstić information content (AvgIpc) is 3.41. The predicted molar refractivity (Wildman–Crippen MR) is 116 cm³/mol. The van der Waals surface area contributed by atoms with Crippen LogP contribution in [0.1, 0.15) is 5.56 Å². The van der Waals surface area contributed by atoms with Crippen molar-refractivity contribution in [2.45, 2.75) is 6.42 Å². The Morgan fingerprint density at radius 3 is 2.77 bits per heavy atom. The van der Waals surface area contributed by atoms with Gasteiger partial charge in [-0.05, 0) is 48.4 Å². The Labute approximate surface area is 174 Å². The second-order valence-corrected chi connectivity index (χ2v) is 7.18. The van der Waals surface area contributed by atoms with Crippen LogP contribution in [-0.4, -0.2) is 36.1 Å². The van der Waals surface area contributed by atoms with Gasteiger partial charge in [-0.2, -0.15) is 0 Å². The van der Waals surface area contributed by atoms with Crippen LogP contribution in [0, 0.1) is 0 Å². The Bertz CT molecular complexity index is 1200. The van der Waals surface area contributed by atoms with E-state index in [-0.39, 0.29) is 12.5 Å². The molecule has 0 aliphatic carbocycles. The lowest BCUT2D eigenvalue weighted by molar-refractivity contribution is -0.120. The standard InChI is InChI=1S/C24H21N3O3/c1-29-22-14-17(24-25-18-7-3-4-8-19(18)26-24)10-11-21(22)30-15-23(28)27-13-12-16-6-2-5-9-20(16)27/h2-11,14H,12-13,15H2,1H3,(H,25,26). The number of fused-ring (bicyclic) bond motifs is 2. The van der Waals surface area contributed by atoms with E-state index in [2.05, 4.69) is 16.0 Å². The highest BCUT2D eigenvalue weighted by Crippen LogP contribution is 2.33. The van der Waals surface area contributed by atoms with Gasteiger partial charge >= 0.3 is 0 Å². The SMILES string of the molecule is COc1cc(-c2nc3ccccc3[nH]2)ccc1OCC(=O)N1CCc2ccccc21. The van der Waals surface area contributed by atoms with E-state index in [0.717, 1.165) is 34.5 Å². The van der Waals surface area contributed by atoms with Gasteiger partial charge in [-0.3, -0.25) is 4.79 Å². The van der Waals surface area contributed by atoms with E-state index in [1.54, 1.807) is 12.0 Å². The molecule has 0 radical (unpaired) electrons. The Kier molecular flexibility index (Phi) is 4.59. The lowest BCUT2D eigenvalue weighted by Gasteiger charge is -2.18. The Morgan fingerprint density at radius 2 is 1.90 bits per heavy atom. The van der Waals surface area contributed by atoms with Gasteiger partial charge in [-0.25, -0.2) is 4.98 Å².